The van der Waals surface area contributed by atoms with Gasteiger partial charge in [0, 0.05) is 24.7 Å². The highest BCUT2D eigenvalue weighted by atomic mass is 32.2. The highest BCUT2D eigenvalue weighted by Gasteiger charge is 2.34. The lowest BCUT2D eigenvalue weighted by Crippen LogP contribution is -2.59. The first-order chi connectivity index (χ1) is 9.68. The number of benzene rings is 1. The highest BCUT2D eigenvalue weighted by molar-refractivity contribution is 7.98. The van der Waals surface area contributed by atoms with Gasteiger partial charge in [0.25, 0.3) is 0 Å². The number of hydrogen-bond donors (Lipinski definition) is 1. The summed E-state index contributed by atoms with van der Waals surface area (Å²) in [5, 5.41) is 3.77. The third-order valence-electron chi connectivity index (χ3n) is 4.47. The van der Waals surface area contributed by atoms with E-state index in [0.29, 0.717) is 6.04 Å². The highest BCUT2D eigenvalue weighted by Crippen LogP contribution is 2.28. The van der Waals surface area contributed by atoms with Gasteiger partial charge in [-0.3, -0.25) is 4.90 Å². The summed E-state index contributed by atoms with van der Waals surface area (Å²) in [6, 6.07) is 11.5. The second-order valence-corrected chi connectivity index (χ2v) is 7.02. The standard InChI is InChI=1S/C17H28N2S/c1-4-17(2)14-19(11-8-12-20-3)16(13-18-17)15-9-6-5-7-10-15/h5-7,9-10,16,18H,4,8,11-14H2,1-3H3. The van der Waals surface area contributed by atoms with Gasteiger partial charge in [-0.25, -0.2) is 0 Å². The van der Waals surface area contributed by atoms with Crippen molar-refractivity contribution in [1.82, 2.24) is 10.2 Å². The first kappa shape index (κ1) is 15.9. The third-order valence-corrected chi connectivity index (χ3v) is 5.17. The first-order valence-electron chi connectivity index (χ1n) is 7.71. The molecule has 112 valence electrons. The molecule has 1 aliphatic rings. The van der Waals surface area contributed by atoms with Gasteiger partial charge < -0.3 is 5.32 Å². The van der Waals surface area contributed by atoms with Gasteiger partial charge in [0.05, 0.1) is 0 Å². The Kier molecular flexibility index (Phi) is 5.94. The Labute approximate surface area is 128 Å². The van der Waals surface area contributed by atoms with E-state index in [1.54, 1.807) is 0 Å². The van der Waals surface area contributed by atoms with Gasteiger partial charge in [-0.05, 0) is 43.9 Å². The van der Waals surface area contributed by atoms with Gasteiger partial charge in [0.1, 0.15) is 0 Å². The minimum atomic E-state index is 0.268. The summed E-state index contributed by atoms with van der Waals surface area (Å²) >= 11 is 1.95. The average molecular weight is 292 g/mol. The molecular weight excluding hydrogens is 264 g/mol. The molecule has 1 aliphatic heterocycles. The Bertz CT molecular complexity index is 395. The molecule has 0 spiro atoms. The molecule has 0 amide bonds. The van der Waals surface area contributed by atoms with E-state index in [1.807, 2.05) is 11.8 Å². The van der Waals surface area contributed by atoms with Crippen LogP contribution >= 0.6 is 11.8 Å². The van der Waals surface area contributed by atoms with Crippen molar-refractivity contribution in [2.45, 2.75) is 38.3 Å². The lowest BCUT2D eigenvalue weighted by atomic mass is 9.91. The molecule has 2 atom stereocenters. The number of nitrogens with zero attached hydrogens (tertiary/aromatic N) is 1. The number of thioether (sulfide) groups is 1. The van der Waals surface area contributed by atoms with E-state index in [0.717, 1.165) is 13.1 Å². The van der Waals surface area contributed by atoms with Crippen molar-refractivity contribution in [1.29, 1.82) is 0 Å². The van der Waals surface area contributed by atoms with Crippen LogP contribution in [0.15, 0.2) is 30.3 Å². The van der Waals surface area contributed by atoms with Crippen LogP contribution < -0.4 is 5.32 Å². The Morgan fingerprint density at radius 2 is 2.10 bits per heavy atom. The molecule has 0 radical (unpaired) electrons. The molecule has 2 rings (SSSR count). The van der Waals surface area contributed by atoms with Gasteiger partial charge in [-0.2, -0.15) is 11.8 Å². The van der Waals surface area contributed by atoms with Crippen LogP contribution in [-0.4, -0.2) is 42.1 Å². The zero-order valence-corrected chi connectivity index (χ0v) is 13.9. The smallest absolute Gasteiger partial charge is 0.0473 e. The Morgan fingerprint density at radius 3 is 2.75 bits per heavy atom. The fraction of sp³-hybridized carbons (Fsp3) is 0.647. The normalized spacial score (nSPS) is 27.6. The molecule has 1 saturated heterocycles. The fourth-order valence-corrected chi connectivity index (χ4v) is 3.39. The van der Waals surface area contributed by atoms with E-state index < -0.39 is 0 Å². The molecule has 3 heteroatoms. The SMILES string of the molecule is CCC1(C)CN(CCCSC)C(c2ccccc2)CN1. The van der Waals surface area contributed by atoms with Crippen LogP contribution in [0.5, 0.6) is 0 Å². The van der Waals surface area contributed by atoms with Crippen molar-refractivity contribution in [3.05, 3.63) is 35.9 Å². The summed E-state index contributed by atoms with van der Waals surface area (Å²) in [5.74, 6) is 1.26. The molecular formula is C17H28N2S. The lowest BCUT2D eigenvalue weighted by Gasteiger charge is -2.46. The van der Waals surface area contributed by atoms with Crippen LogP contribution in [0.25, 0.3) is 0 Å². The van der Waals surface area contributed by atoms with Crippen molar-refractivity contribution in [2.24, 2.45) is 0 Å². The predicted molar refractivity (Wildman–Crippen MR) is 90.5 cm³/mol. The molecule has 1 aromatic carbocycles. The van der Waals surface area contributed by atoms with Crippen molar-refractivity contribution in [2.75, 3.05) is 31.6 Å². The number of hydrogen-bond acceptors (Lipinski definition) is 3. The molecule has 1 aromatic rings. The van der Waals surface area contributed by atoms with Crippen molar-refractivity contribution in [3.8, 4) is 0 Å². The maximum atomic E-state index is 3.77. The molecule has 2 unspecified atom stereocenters. The summed E-state index contributed by atoms with van der Waals surface area (Å²) in [6.45, 7) is 8.06. The second-order valence-electron chi connectivity index (χ2n) is 6.04. The zero-order chi connectivity index (χ0) is 14.4. The molecule has 0 saturated carbocycles. The zero-order valence-electron chi connectivity index (χ0n) is 13.1. The van der Waals surface area contributed by atoms with Crippen LogP contribution in [0.2, 0.25) is 0 Å². The summed E-state index contributed by atoms with van der Waals surface area (Å²) < 4.78 is 0. The Morgan fingerprint density at radius 1 is 1.35 bits per heavy atom. The summed E-state index contributed by atoms with van der Waals surface area (Å²) in [4.78, 5) is 2.69. The van der Waals surface area contributed by atoms with E-state index in [4.69, 9.17) is 0 Å². The molecule has 20 heavy (non-hydrogen) atoms. The minimum absolute atomic E-state index is 0.268. The number of piperazine rings is 1. The Balaban J connectivity index is 2.08. The average Bonchev–Trinajstić information content (AvgIpc) is 2.49. The maximum Gasteiger partial charge on any atom is 0.0473 e. The monoisotopic (exact) mass is 292 g/mol. The van der Waals surface area contributed by atoms with E-state index in [2.05, 4.69) is 60.7 Å². The molecule has 1 fully saturated rings. The maximum absolute atomic E-state index is 3.77. The van der Waals surface area contributed by atoms with Crippen LogP contribution in [-0.2, 0) is 0 Å². The van der Waals surface area contributed by atoms with Crippen LogP contribution in [0, 0.1) is 0 Å². The summed E-state index contributed by atoms with van der Waals surface area (Å²) in [7, 11) is 0. The minimum Gasteiger partial charge on any atom is -0.308 e. The molecule has 0 bridgehead atoms. The number of rotatable bonds is 6. The largest absolute Gasteiger partial charge is 0.308 e. The van der Waals surface area contributed by atoms with E-state index in [-0.39, 0.29) is 5.54 Å². The van der Waals surface area contributed by atoms with Crippen LogP contribution in [0.4, 0.5) is 0 Å². The van der Waals surface area contributed by atoms with E-state index >= 15 is 0 Å². The fourth-order valence-electron chi connectivity index (χ4n) is 2.97. The summed E-state index contributed by atoms with van der Waals surface area (Å²) in [6.07, 6.45) is 4.67. The summed E-state index contributed by atoms with van der Waals surface area (Å²) in [5.41, 5.74) is 1.72. The van der Waals surface area contributed by atoms with Gasteiger partial charge in [-0.15, -0.1) is 0 Å². The van der Waals surface area contributed by atoms with Crippen molar-refractivity contribution < 1.29 is 0 Å². The second kappa shape index (κ2) is 7.48. The predicted octanol–water partition coefficient (Wildman–Crippen LogP) is 3.55. The van der Waals surface area contributed by atoms with Gasteiger partial charge in [0.15, 0.2) is 0 Å². The third kappa shape index (κ3) is 4.00. The number of nitrogens with one attached hydrogen (secondary N) is 1. The molecule has 2 nitrogen and oxygen atoms in total. The molecule has 0 aliphatic carbocycles. The van der Waals surface area contributed by atoms with Gasteiger partial charge in [-0.1, -0.05) is 37.3 Å². The molecule has 1 heterocycles. The van der Waals surface area contributed by atoms with Crippen LogP contribution in [0.1, 0.15) is 38.3 Å². The van der Waals surface area contributed by atoms with E-state index in [1.165, 1.54) is 30.7 Å². The molecule has 1 N–H and O–H groups in total. The topological polar surface area (TPSA) is 15.3 Å². The first-order valence-corrected chi connectivity index (χ1v) is 9.11. The molecule has 0 aromatic heterocycles. The lowest BCUT2D eigenvalue weighted by molar-refractivity contribution is 0.0845. The van der Waals surface area contributed by atoms with Crippen molar-refractivity contribution in [3.63, 3.8) is 0 Å². The van der Waals surface area contributed by atoms with Crippen LogP contribution in [0.3, 0.4) is 0 Å². The quantitative estimate of drug-likeness (QED) is 0.807. The van der Waals surface area contributed by atoms with Gasteiger partial charge in [0.2, 0.25) is 0 Å². The Hall–Kier alpha value is -0.510. The van der Waals surface area contributed by atoms with E-state index in [9.17, 15) is 0 Å². The van der Waals surface area contributed by atoms with Gasteiger partial charge >= 0.3 is 0 Å². The van der Waals surface area contributed by atoms with Crippen molar-refractivity contribution >= 4 is 11.8 Å².